The number of nitrogens with two attached hydrogens (primary N) is 1. The van der Waals surface area contributed by atoms with E-state index >= 15 is 0 Å². The quantitative estimate of drug-likeness (QED) is 0.337. The van der Waals surface area contributed by atoms with Crippen LogP contribution in [0.3, 0.4) is 0 Å². The molecule has 1 aliphatic rings. The Morgan fingerprint density at radius 1 is 1.21 bits per heavy atom. The van der Waals surface area contributed by atoms with Crippen molar-refractivity contribution in [3.05, 3.63) is 33.2 Å². The van der Waals surface area contributed by atoms with Gasteiger partial charge in [0.05, 0.1) is 0 Å². The van der Waals surface area contributed by atoms with Gasteiger partial charge in [0.15, 0.2) is 22.1 Å². The predicted octanol–water partition coefficient (Wildman–Crippen LogP) is 4.43. The highest BCUT2D eigenvalue weighted by Gasteiger charge is 2.19. The number of nitrogen functional groups attached to an aromatic ring is 1. The zero-order valence-electron chi connectivity index (χ0n) is 16.9. The van der Waals surface area contributed by atoms with E-state index in [4.69, 9.17) is 10.7 Å². The lowest BCUT2D eigenvalue weighted by molar-refractivity contribution is 0.522. The number of anilines is 1. The Bertz CT molecular complexity index is 1020. The first-order valence-corrected chi connectivity index (χ1v) is 12.1. The van der Waals surface area contributed by atoms with Crippen LogP contribution in [-0.2, 0) is 19.4 Å². The number of unbranched alkanes of at least 4 members (excludes halogenated alkanes) is 1. The van der Waals surface area contributed by atoms with Crippen LogP contribution in [0.2, 0.25) is 0 Å². The molecule has 3 aromatic rings. The van der Waals surface area contributed by atoms with Gasteiger partial charge in [-0.1, -0.05) is 25.6 Å². The van der Waals surface area contributed by atoms with Crippen molar-refractivity contribution in [2.24, 2.45) is 0 Å². The molecule has 6 nitrogen and oxygen atoms in total. The van der Waals surface area contributed by atoms with Crippen molar-refractivity contribution in [3.63, 3.8) is 0 Å². The molecular weight excluding hydrogens is 495 g/mol. The van der Waals surface area contributed by atoms with Crippen molar-refractivity contribution in [1.29, 1.82) is 0 Å². The van der Waals surface area contributed by atoms with Crippen LogP contribution in [0, 0.1) is 3.57 Å². The molecule has 0 spiro atoms. The van der Waals surface area contributed by atoms with E-state index in [-0.39, 0.29) is 0 Å². The summed E-state index contributed by atoms with van der Waals surface area (Å²) in [6.45, 7) is 6.25. The monoisotopic (exact) mass is 522 g/mol. The minimum atomic E-state index is 0.445. The van der Waals surface area contributed by atoms with Crippen LogP contribution in [0.25, 0.3) is 11.2 Å². The molecule has 1 aromatic carbocycles. The van der Waals surface area contributed by atoms with Gasteiger partial charge in [0.25, 0.3) is 0 Å². The molecule has 2 heterocycles. The second-order valence-electron chi connectivity index (χ2n) is 7.80. The third-order valence-electron chi connectivity index (χ3n) is 5.23. The van der Waals surface area contributed by atoms with Crippen LogP contribution in [0.4, 0.5) is 5.82 Å². The predicted molar refractivity (Wildman–Crippen MR) is 127 cm³/mol. The van der Waals surface area contributed by atoms with Gasteiger partial charge < -0.3 is 15.6 Å². The molecule has 0 aliphatic heterocycles. The maximum Gasteiger partial charge on any atom is 0.175 e. The van der Waals surface area contributed by atoms with E-state index in [1.807, 2.05) is 0 Å². The van der Waals surface area contributed by atoms with E-state index in [0.29, 0.717) is 17.4 Å². The Morgan fingerprint density at radius 2 is 2.00 bits per heavy atom. The molecule has 0 fully saturated rings. The summed E-state index contributed by atoms with van der Waals surface area (Å²) >= 11 is 4.16. The summed E-state index contributed by atoms with van der Waals surface area (Å²) in [4.78, 5) is 14.7. The minimum absolute atomic E-state index is 0.445. The molecule has 29 heavy (non-hydrogen) atoms. The third kappa shape index (κ3) is 4.69. The number of aryl methyl sites for hydroxylation is 3. The Morgan fingerprint density at radius 3 is 2.79 bits per heavy atom. The summed E-state index contributed by atoms with van der Waals surface area (Å²) in [6.07, 6.45) is 7.34. The highest BCUT2D eigenvalue weighted by Crippen LogP contribution is 2.37. The summed E-state index contributed by atoms with van der Waals surface area (Å²) in [7, 11) is 0. The average molecular weight is 522 g/mol. The van der Waals surface area contributed by atoms with Gasteiger partial charge in [-0.2, -0.15) is 0 Å². The molecule has 154 valence electrons. The molecule has 0 saturated heterocycles. The molecule has 0 saturated carbocycles. The molecule has 1 aliphatic carbocycles. The lowest BCUT2D eigenvalue weighted by Crippen LogP contribution is -2.23. The first-order valence-electron chi connectivity index (χ1n) is 10.2. The third-order valence-corrected chi connectivity index (χ3v) is 7.54. The number of nitrogens with zero attached hydrogens (tertiary/aromatic N) is 4. The number of hydrogen-bond acceptors (Lipinski definition) is 6. The van der Waals surface area contributed by atoms with Gasteiger partial charge >= 0.3 is 0 Å². The molecular formula is C21H27IN6S. The fourth-order valence-electron chi connectivity index (χ4n) is 3.75. The molecule has 0 radical (unpaired) electrons. The number of benzene rings is 1. The minimum Gasteiger partial charge on any atom is -0.382 e. The number of imidazole rings is 1. The van der Waals surface area contributed by atoms with Crippen molar-refractivity contribution >= 4 is 51.3 Å². The van der Waals surface area contributed by atoms with Gasteiger partial charge in [0.2, 0.25) is 0 Å². The fraction of sp³-hybridized carbons (Fsp3) is 0.476. The second-order valence-corrected chi connectivity index (χ2v) is 9.97. The molecule has 0 amide bonds. The summed E-state index contributed by atoms with van der Waals surface area (Å²) in [5.41, 5.74) is 10.6. The number of hydrogen-bond donors (Lipinski definition) is 2. The maximum atomic E-state index is 6.10. The van der Waals surface area contributed by atoms with E-state index in [0.717, 1.165) is 36.7 Å². The highest BCUT2D eigenvalue weighted by atomic mass is 127. The van der Waals surface area contributed by atoms with Crippen LogP contribution < -0.4 is 11.1 Å². The van der Waals surface area contributed by atoms with E-state index in [1.54, 1.807) is 11.8 Å². The van der Waals surface area contributed by atoms with E-state index in [2.05, 4.69) is 68.4 Å². The maximum absolute atomic E-state index is 6.10. The smallest absolute Gasteiger partial charge is 0.175 e. The molecule has 0 atom stereocenters. The van der Waals surface area contributed by atoms with E-state index < -0.39 is 0 Å². The topological polar surface area (TPSA) is 81.7 Å². The second kappa shape index (κ2) is 9.18. The average Bonchev–Trinajstić information content (AvgIpc) is 3.27. The van der Waals surface area contributed by atoms with Gasteiger partial charge in [-0.3, -0.25) is 0 Å². The van der Waals surface area contributed by atoms with Crippen molar-refractivity contribution < 1.29 is 0 Å². The Balaban J connectivity index is 1.60. The lowest BCUT2D eigenvalue weighted by atomic mass is 10.1. The molecule has 8 heteroatoms. The van der Waals surface area contributed by atoms with Gasteiger partial charge in [-0.25, -0.2) is 15.0 Å². The summed E-state index contributed by atoms with van der Waals surface area (Å²) in [5, 5.41) is 4.43. The van der Waals surface area contributed by atoms with Crippen LogP contribution >= 0.6 is 34.4 Å². The number of halogens is 1. The number of aromatic nitrogens is 4. The Hall–Kier alpha value is -1.39. The van der Waals surface area contributed by atoms with E-state index in [9.17, 15) is 0 Å². The van der Waals surface area contributed by atoms with Gasteiger partial charge in [-0.15, -0.1) is 0 Å². The van der Waals surface area contributed by atoms with Crippen LogP contribution in [-0.4, -0.2) is 32.1 Å². The van der Waals surface area contributed by atoms with Crippen molar-refractivity contribution in [2.45, 2.75) is 68.6 Å². The normalized spacial score (nSPS) is 13.5. The van der Waals surface area contributed by atoms with E-state index in [1.165, 1.54) is 45.2 Å². The largest absolute Gasteiger partial charge is 0.382 e. The standard InChI is InChI=1S/C21H27IN6S/c1-13(2)24-8-3-4-9-28-20-18(19(23)25-12-26-20)27-21(28)29-17-11-15-7-5-6-14(15)10-16(17)22/h10-13,24H,3-9H2,1-2H3,(H2,23,25,26). The Labute approximate surface area is 189 Å². The Kier molecular flexibility index (Phi) is 6.60. The summed E-state index contributed by atoms with van der Waals surface area (Å²) < 4.78 is 3.49. The summed E-state index contributed by atoms with van der Waals surface area (Å²) in [5.74, 6) is 0.445. The molecule has 0 unspecified atom stereocenters. The van der Waals surface area contributed by atoms with Gasteiger partial charge in [0, 0.05) is 21.1 Å². The lowest BCUT2D eigenvalue weighted by Gasteiger charge is -2.11. The number of rotatable bonds is 8. The fourth-order valence-corrected chi connectivity index (χ4v) is 5.59. The van der Waals surface area contributed by atoms with Gasteiger partial charge in [0.1, 0.15) is 6.33 Å². The van der Waals surface area contributed by atoms with Gasteiger partial charge in [-0.05, 0) is 84.5 Å². The molecule has 0 bridgehead atoms. The van der Waals surface area contributed by atoms with Crippen molar-refractivity contribution in [1.82, 2.24) is 24.8 Å². The summed E-state index contributed by atoms with van der Waals surface area (Å²) in [6, 6.07) is 5.20. The zero-order chi connectivity index (χ0) is 20.4. The molecule has 2 aromatic heterocycles. The van der Waals surface area contributed by atoms with Crippen LogP contribution in [0.1, 0.15) is 44.2 Å². The number of fused-ring (bicyclic) bond motifs is 2. The zero-order valence-corrected chi connectivity index (χ0v) is 19.9. The molecule has 4 rings (SSSR count). The van der Waals surface area contributed by atoms with Crippen LogP contribution in [0.15, 0.2) is 28.5 Å². The highest BCUT2D eigenvalue weighted by molar-refractivity contribution is 14.1. The van der Waals surface area contributed by atoms with Crippen LogP contribution in [0.5, 0.6) is 0 Å². The first kappa shape index (κ1) is 20.9. The first-order chi connectivity index (χ1) is 14.0. The SMILES string of the molecule is CC(C)NCCCCn1c(Sc2cc3c(cc2I)CCC3)nc2c(N)ncnc21. The van der Waals surface area contributed by atoms with Crippen molar-refractivity contribution in [2.75, 3.05) is 12.3 Å². The van der Waals surface area contributed by atoms with Crippen molar-refractivity contribution in [3.8, 4) is 0 Å². The number of nitrogens with one attached hydrogen (secondary N) is 1. The molecule has 3 N–H and O–H groups in total.